The van der Waals surface area contributed by atoms with Gasteiger partial charge in [0.05, 0.1) is 18.8 Å². The van der Waals surface area contributed by atoms with E-state index in [9.17, 15) is 4.79 Å². The Morgan fingerprint density at radius 2 is 2.29 bits per heavy atom. The first-order valence-electron chi connectivity index (χ1n) is 4.63. The smallest absolute Gasteiger partial charge is 0.240 e. The van der Waals surface area contributed by atoms with E-state index in [1.165, 1.54) is 0 Å². The number of amides is 1. The van der Waals surface area contributed by atoms with Crippen molar-refractivity contribution in [1.29, 1.82) is 5.26 Å². The summed E-state index contributed by atoms with van der Waals surface area (Å²) in [4.78, 5) is 11.5. The summed E-state index contributed by atoms with van der Waals surface area (Å²) in [7, 11) is 0. The molecule has 78 valence electrons. The van der Waals surface area contributed by atoms with Gasteiger partial charge >= 0.3 is 0 Å². The second-order valence-electron chi connectivity index (χ2n) is 3.59. The van der Waals surface area contributed by atoms with Crippen molar-refractivity contribution in [2.75, 3.05) is 13.2 Å². The van der Waals surface area contributed by atoms with Crippen LogP contribution in [0.2, 0.25) is 0 Å². The van der Waals surface area contributed by atoms with Gasteiger partial charge in [0.2, 0.25) is 5.91 Å². The predicted octanol–water partition coefficient (Wildman–Crippen LogP) is -0.850. The monoisotopic (exact) mass is 198 g/mol. The fraction of sp³-hybridized carbons (Fsp3) is 0.778. The van der Waals surface area contributed by atoms with Crippen molar-refractivity contribution in [3.05, 3.63) is 0 Å². The average molecular weight is 198 g/mol. The van der Waals surface area contributed by atoms with Gasteiger partial charge in [0.1, 0.15) is 5.41 Å². The summed E-state index contributed by atoms with van der Waals surface area (Å²) >= 11 is 0. The van der Waals surface area contributed by atoms with E-state index in [0.29, 0.717) is 12.8 Å². The maximum Gasteiger partial charge on any atom is 0.240 e. The van der Waals surface area contributed by atoms with Crippen LogP contribution >= 0.6 is 0 Å². The number of hydrogen-bond acceptors (Lipinski definition) is 4. The van der Waals surface area contributed by atoms with Crippen molar-refractivity contribution in [1.82, 2.24) is 5.32 Å². The van der Waals surface area contributed by atoms with Gasteiger partial charge in [-0.1, -0.05) is 0 Å². The summed E-state index contributed by atoms with van der Waals surface area (Å²) in [6, 6.07) is 2.00. The molecule has 1 unspecified atom stereocenters. The zero-order valence-corrected chi connectivity index (χ0v) is 7.86. The number of carbonyl (C=O) groups is 1. The summed E-state index contributed by atoms with van der Waals surface area (Å²) in [5, 5.41) is 28.8. The minimum absolute atomic E-state index is 0.00123. The molecule has 0 saturated heterocycles. The first kappa shape index (κ1) is 11.0. The molecule has 0 aliphatic heterocycles. The van der Waals surface area contributed by atoms with Crippen LogP contribution in [0.4, 0.5) is 0 Å². The second-order valence-corrected chi connectivity index (χ2v) is 3.59. The molecule has 0 aromatic carbocycles. The Labute approximate surface area is 82.3 Å². The Hall–Kier alpha value is -1.12. The molecule has 1 amide bonds. The molecule has 3 N–H and O–H groups in total. The molecule has 5 heteroatoms. The van der Waals surface area contributed by atoms with Gasteiger partial charge in [-0.2, -0.15) is 5.26 Å². The molecule has 1 saturated carbocycles. The molecule has 1 aliphatic rings. The lowest BCUT2D eigenvalue weighted by atomic mass is 9.69. The summed E-state index contributed by atoms with van der Waals surface area (Å²) in [6.07, 6.45) is 1.12. The van der Waals surface area contributed by atoms with Gasteiger partial charge in [-0.15, -0.1) is 0 Å². The first-order chi connectivity index (χ1) is 6.64. The first-order valence-corrected chi connectivity index (χ1v) is 4.63. The second kappa shape index (κ2) is 4.40. The summed E-state index contributed by atoms with van der Waals surface area (Å²) in [5.74, 6) is -0.334. The number of aliphatic hydroxyl groups is 2. The van der Waals surface area contributed by atoms with Crippen molar-refractivity contribution in [2.45, 2.75) is 25.4 Å². The topological polar surface area (TPSA) is 93.4 Å². The van der Waals surface area contributed by atoms with E-state index in [2.05, 4.69) is 5.32 Å². The van der Waals surface area contributed by atoms with E-state index >= 15 is 0 Å². The van der Waals surface area contributed by atoms with Crippen LogP contribution in [0, 0.1) is 16.7 Å². The highest BCUT2D eigenvalue weighted by Gasteiger charge is 2.44. The Bertz CT molecular complexity index is 255. The predicted molar refractivity (Wildman–Crippen MR) is 48.0 cm³/mol. The summed E-state index contributed by atoms with van der Waals surface area (Å²) in [5.41, 5.74) is -0.880. The zero-order valence-electron chi connectivity index (χ0n) is 7.86. The molecule has 5 nitrogen and oxygen atoms in total. The molecule has 14 heavy (non-hydrogen) atoms. The Balaban J connectivity index is 2.39. The van der Waals surface area contributed by atoms with Crippen molar-refractivity contribution < 1.29 is 15.0 Å². The number of hydrogen-bond donors (Lipinski definition) is 3. The molecule has 0 aromatic rings. The van der Waals surface area contributed by atoms with Gasteiger partial charge in [0.15, 0.2) is 0 Å². The van der Waals surface area contributed by atoms with E-state index in [1.807, 2.05) is 6.07 Å². The van der Waals surface area contributed by atoms with E-state index in [-0.39, 0.29) is 19.1 Å². The van der Waals surface area contributed by atoms with Gasteiger partial charge in [-0.05, 0) is 19.3 Å². The number of nitriles is 1. The van der Waals surface area contributed by atoms with E-state index in [1.54, 1.807) is 0 Å². The highest BCUT2D eigenvalue weighted by Crippen LogP contribution is 2.40. The minimum atomic E-state index is -0.949. The Kier molecular flexibility index (Phi) is 3.44. The van der Waals surface area contributed by atoms with Gasteiger partial charge in [0.25, 0.3) is 0 Å². The molecule has 0 aromatic heterocycles. The highest BCUT2D eigenvalue weighted by molar-refractivity contribution is 5.86. The minimum Gasteiger partial charge on any atom is -0.394 e. The van der Waals surface area contributed by atoms with Crippen LogP contribution in [0.25, 0.3) is 0 Å². The zero-order chi connectivity index (χ0) is 10.6. The van der Waals surface area contributed by atoms with Gasteiger partial charge < -0.3 is 15.5 Å². The molecule has 0 radical (unpaired) electrons. The maximum absolute atomic E-state index is 11.5. The lowest BCUT2D eigenvalue weighted by molar-refractivity contribution is -0.132. The fourth-order valence-corrected chi connectivity index (χ4v) is 1.36. The van der Waals surface area contributed by atoms with E-state index in [0.717, 1.165) is 6.42 Å². The number of nitrogens with one attached hydrogen (secondary N) is 1. The van der Waals surface area contributed by atoms with Crippen LogP contribution in [0.1, 0.15) is 19.3 Å². The third-order valence-corrected chi connectivity index (χ3v) is 2.56. The van der Waals surface area contributed by atoms with Crippen LogP contribution < -0.4 is 5.32 Å². The molecule has 1 fully saturated rings. The highest BCUT2D eigenvalue weighted by atomic mass is 16.3. The van der Waals surface area contributed by atoms with E-state index < -0.39 is 11.5 Å². The molecular formula is C9H14N2O3. The molecule has 0 bridgehead atoms. The Morgan fingerprint density at radius 3 is 2.64 bits per heavy atom. The fourth-order valence-electron chi connectivity index (χ4n) is 1.36. The van der Waals surface area contributed by atoms with Crippen molar-refractivity contribution in [3.8, 4) is 6.07 Å². The van der Waals surface area contributed by atoms with Crippen LogP contribution in [-0.2, 0) is 4.79 Å². The lowest BCUT2D eigenvalue weighted by Gasteiger charge is -2.33. The molecule has 1 atom stereocenters. The van der Waals surface area contributed by atoms with Crippen LogP contribution in [0.15, 0.2) is 0 Å². The molecular weight excluding hydrogens is 184 g/mol. The third-order valence-electron chi connectivity index (χ3n) is 2.56. The van der Waals surface area contributed by atoms with Gasteiger partial charge in [-0.3, -0.25) is 4.79 Å². The Morgan fingerprint density at radius 1 is 1.64 bits per heavy atom. The van der Waals surface area contributed by atoms with Crippen molar-refractivity contribution in [3.63, 3.8) is 0 Å². The van der Waals surface area contributed by atoms with Crippen LogP contribution in [-0.4, -0.2) is 35.4 Å². The number of rotatable bonds is 4. The SMILES string of the molecule is N#CC1(C(=O)NCC(O)CO)CCC1. The number of nitrogens with zero attached hydrogens (tertiary/aromatic N) is 1. The van der Waals surface area contributed by atoms with Crippen molar-refractivity contribution in [2.24, 2.45) is 5.41 Å². The number of aliphatic hydroxyl groups excluding tert-OH is 2. The largest absolute Gasteiger partial charge is 0.394 e. The van der Waals surface area contributed by atoms with E-state index in [4.69, 9.17) is 15.5 Å². The maximum atomic E-state index is 11.5. The quantitative estimate of drug-likeness (QED) is 0.548. The average Bonchev–Trinajstić information content (AvgIpc) is 2.13. The molecule has 0 spiro atoms. The van der Waals surface area contributed by atoms with Crippen LogP contribution in [0.5, 0.6) is 0 Å². The molecule has 0 heterocycles. The summed E-state index contributed by atoms with van der Waals surface area (Å²) < 4.78 is 0. The summed E-state index contributed by atoms with van der Waals surface area (Å²) in [6.45, 7) is -0.390. The normalized spacial score (nSPS) is 20.4. The van der Waals surface area contributed by atoms with Gasteiger partial charge in [-0.25, -0.2) is 0 Å². The number of carbonyl (C=O) groups excluding carboxylic acids is 1. The standard InChI is InChI=1S/C9H14N2O3/c10-6-9(2-1-3-9)8(14)11-4-7(13)5-12/h7,12-13H,1-5H2,(H,11,14). The van der Waals surface area contributed by atoms with Crippen molar-refractivity contribution >= 4 is 5.91 Å². The molecule has 1 rings (SSSR count). The van der Waals surface area contributed by atoms with Crippen LogP contribution in [0.3, 0.4) is 0 Å². The lowest BCUT2D eigenvalue weighted by Crippen LogP contribution is -2.47. The molecule has 1 aliphatic carbocycles. The third kappa shape index (κ3) is 2.03. The van der Waals surface area contributed by atoms with Gasteiger partial charge in [0, 0.05) is 6.54 Å².